The van der Waals surface area contributed by atoms with Crippen LogP contribution in [0, 0.1) is 11.7 Å². The summed E-state index contributed by atoms with van der Waals surface area (Å²) in [4.78, 5) is 43.2. The summed E-state index contributed by atoms with van der Waals surface area (Å²) in [5.41, 5.74) is 1.16. The number of hydrogen-bond donors (Lipinski definition) is 1. The van der Waals surface area contributed by atoms with E-state index < -0.39 is 22.9 Å². The number of fused-ring (bicyclic) bond motifs is 2. The Balaban J connectivity index is 1.63. The average Bonchev–Trinajstić information content (AvgIpc) is 3.24. The second-order valence-electron chi connectivity index (χ2n) is 7.01. The number of nitrogens with one attached hydrogen (secondary N) is 1. The highest BCUT2D eigenvalue weighted by molar-refractivity contribution is 8.00. The van der Waals surface area contributed by atoms with Crippen LogP contribution in [0.4, 0.5) is 10.1 Å². The number of aromatic amines is 1. The minimum Gasteiger partial charge on any atom is -0.497 e. The van der Waals surface area contributed by atoms with E-state index in [-0.39, 0.29) is 16.7 Å². The van der Waals surface area contributed by atoms with Gasteiger partial charge in [0.05, 0.1) is 23.7 Å². The van der Waals surface area contributed by atoms with Gasteiger partial charge < -0.3 is 9.72 Å². The number of hydrogen-bond acceptors (Lipinski definition) is 6. The summed E-state index contributed by atoms with van der Waals surface area (Å²) in [6.45, 7) is 0. The number of H-pyrrole nitrogens is 1. The van der Waals surface area contributed by atoms with Crippen molar-refractivity contribution in [3.05, 3.63) is 74.5 Å². The van der Waals surface area contributed by atoms with Crippen LogP contribution in [0.3, 0.4) is 0 Å². The molecule has 30 heavy (non-hydrogen) atoms. The quantitative estimate of drug-likeness (QED) is 0.629. The maximum absolute atomic E-state index is 13.4. The van der Waals surface area contributed by atoms with Crippen molar-refractivity contribution in [3.8, 4) is 5.75 Å². The molecule has 0 bridgehead atoms. The predicted octanol–water partition coefficient (Wildman–Crippen LogP) is 3.38. The van der Waals surface area contributed by atoms with Crippen molar-refractivity contribution in [1.29, 1.82) is 0 Å². The van der Waals surface area contributed by atoms with Crippen LogP contribution in [0.15, 0.2) is 58.4 Å². The average molecular weight is 442 g/mol. The van der Waals surface area contributed by atoms with Crippen LogP contribution < -0.4 is 14.5 Å². The molecule has 2 aliphatic heterocycles. The van der Waals surface area contributed by atoms with E-state index in [4.69, 9.17) is 4.74 Å². The van der Waals surface area contributed by atoms with E-state index >= 15 is 0 Å². The van der Waals surface area contributed by atoms with Crippen LogP contribution in [0.2, 0.25) is 0 Å². The second kappa shape index (κ2) is 7.10. The first-order chi connectivity index (χ1) is 14.5. The molecule has 6 nitrogen and oxygen atoms in total. The van der Waals surface area contributed by atoms with Gasteiger partial charge in [0.1, 0.15) is 16.8 Å². The van der Waals surface area contributed by atoms with E-state index in [1.165, 1.54) is 36.0 Å². The molecule has 1 fully saturated rings. The van der Waals surface area contributed by atoms with Gasteiger partial charge in [0.15, 0.2) is 0 Å². The third-order valence-electron chi connectivity index (χ3n) is 5.38. The van der Waals surface area contributed by atoms with Crippen LogP contribution in [0.25, 0.3) is 0 Å². The number of thiazole rings is 1. The minimum atomic E-state index is -0.674. The summed E-state index contributed by atoms with van der Waals surface area (Å²) in [6, 6.07) is 12.6. The van der Waals surface area contributed by atoms with Crippen molar-refractivity contribution >= 4 is 40.6 Å². The summed E-state index contributed by atoms with van der Waals surface area (Å²) in [5.74, 6) is -1.60. The Morgan fingerprint density at radius 3 is 2.37 bits per heavy atom. The fourth-order valence-corrected chi connectivity index (χ4v) is 6.55. The third kappa shape index (κ3) is 2.88. The van der Waals surface area contributed by atoms with Crippen LogP contribution in [0.1, 0.15) is 16.4 Å². The Kier molecular flexibility index (Phi) is 4.52. The van der Waals surface area contributed by atoms with Gasteiger partial charge in [-0.05, 0) is 42.0 Å². The number of carbonyl (C=O) groups excluding carboxylic acids is 2. The Bertz CT molecular complexity index is 1200. The highest BCUT2D eigenvalue weighted by Gasteiger charge is 2.56. The summed E-state index contributed by atoms with van der Waals surface area (Å²) in [6.07, 6.45) is 0. The molecule has 0 aliphatic carbocycles. The molecule has 2 amide bonds. The van der Waals surface area contributed by atoms with E-state index in [1.807, 2.05) is 12.1 Å². The lowest BCUT2D eigenvalue weighted by Crippen LogP contribution is -2.32. The molecule has 1 N–H and O–H groups in total. The Morgan fingerprint density at radius 2 is 1.70 bits per heavy atom. The van der Waals surface area contributed by atoms with Crippen molar-refractivity contribution in [2.45, 2.75) is 16.2 Å². The number of amides is 2. The van der Waals surface area contributed by atoms with Gasteiger partial charge in [0, 0.05) is 10.8 Å². The van der Waals surface area contributed by atoms with Gasteiger partial charge in [-0.1, -0.05) is 35.2 Å². The number of thioether (sulfide) groups is 1. The summed E-state index contributed by atoms with van der Waals surface area (Å²) in [7, 11) is 1.57. The molecular formula is C21H15FN2O4S2. The molecule has 3 aromatic rings. The molecule has 9 heteroatoms. The number of nitrogens with zero attached hydrogens (tertiary/aromatic N) is 1. The molecule has 0 spiro atoms. The molecule has 2 aliphatic rings. The van der Waals surface area contributed by atoms with Crippen LogP contribution in [-0.4, -0.2) is 29.2 Å². The number of aromatic nitrogens is 1. The molecule has 3 heterocycles. The minimum absolute atomic E-state index is 0.221. The maximum atomic E-state index is 13.4. The molecule has 152 valence electrons. The number of halogens is 1. The van der Waals surface area contributed by atoms with Crippen molar-refractivity contribution < 1.29 is 18.7 Å². The zero-order valence-electron chi connectivity index (χ0n) is 15.6. The Morgan fingerprint density at radius 1 is 1.00 bits per heavy atom. The van der Waals surface area contributed by atoms with E-state index in [0.29, 0.717) is 16.5 Å². The number of ether oxygens (including phenoxy) is 1. The molecule has 2 aromatic carbocycles. The highest BCUT2D eigenvalue weighted by Crippen LogP contribution is 2.53. The second-order valence-corrected chi connectivity index (χ2v) is 9.18. The van der Waals surface area contributed by atoms with Gasteiger partial charge in [-0.15, -0.1) is 0 Å². The number of rotatable bonds is 3. The molecule has 5 rings (SSSR count). The Hall–Kier alpha value is -2.91. The van der Waals surface area contributed by atoms with E-state index in [9.17, 15) is 18.8 Å². The smallest absolute Gasteiger partial charge is 0.305 e. The lowest BCUT2D eigenvalue weighted by atomic mass is 9.83. The summed E-state index contributed by atoms with van der Waals surface area (Å²) < 4.78 is 18.6. The first-order valence-electron chi connectivity index (χ1n) is 9.15. The number of benzene rings is 2. The van der Waals surface area contributed by atoms with Gasteiger partial charge in [-0.25, -0.2) is 9.29 Å². The molecule has 3 atom stereocenters. The molecule has 2 unspecified atom stereocenters. The lowest BCUT2D eigenvalue weighted by molar-refractivity contribution is -0.122. The van der Waals surface area contributed by atoms with Crippen molar-refractivity contribution in [1.82, 2.24) is 4.98 Å². The molecule has 0 saturated carbocycles. The van der Waals surface area contributed by atoms with Crippen LogP contribution in [0.5, 0.6) is 5.75 Å². The van der Waals surface area contributed by atoms with Crippen LogP contribution >= 0.6 is 23.1 Å². The molecule has 0 radical (unpaired) electrons. The molecule has 1 saturated heterocycles. The SMILES string of the molecule is COc1ccc([C@H]2c3sc(=O)[nH]c3SC3C(=O)N(c4ccc(F)cc4)C(=O)C32)cc1. The molecule has 1 aromatic heterocycles. The van der Waals surface area contributed by atoms with Gasteiger partial charge >= 0.3 is 4.87 Å². The molecular weight excluding hydrogens is 427 g/mol. The van der Waals surface area contributed by atoms with E-state index in [0.717, 1.165) is 26.7 Å². The number of anilines is 1. The largest absolute Gasteiger partial charge is 0.497 e. The van der Waals surface area contributed by atoms with Crippen LogP contribution in [-0.2, 0) is 9.59 Å². The van der Waals surface area contributed by atoms with E-state index in [1.54, 1.807) is 19.2 Å². The fraction of sp³-hybridized carbons (Fsp3) is 0.190. The Labute approximate surface area is 178 Å². The summed E-state index contributed by atoms with van der Waals surface area (Å²) in [5, 5.41) is -0.0541. The zero-order valence-corrected chi connectivity index (χ0v) is 17.3. The lowest BCUT2D eigenvalue weighted by Gasteiger charge is -2.29. The van der Waals surface area contributed by atoms with Crippen molar-refractivity contribution in [3.63, 3.8) is 0 Å². The first kappa shape index (κ1) is 19.1. The zero-order chi connectivity index (χ0) is 21.0. The van der Waals surface area contributed by atoms with Crippen molar-refractivity contribution in [2.75, 3.05) is 12.0 Å². The first-order valence-corrected chi connectivity index (χ1v) is 10.8. The monoisotopic (exact) mass is 442 g/mol. The normalized spacial score (nSPS) is 22.7. The summed E-state index contributed by atoms with van der Waals surface area (Å²) >= 11 is 2.27. The van der Waals surface area contributed by atoms with Crippen molar-refractivity contribution in [2.24, 2.45) is 5.92 Å². The number of imide groups is 1. The standard InChI is InChI=1S/C21H15FN2O4S2/c1-28-13-8-2-10(3-9-13)14-15-17(29-18-16(14)30-21(27)23-18)20(26)24(19(15)25)12-6-4-11(22)5-7-12/h2-9,14-15,17H,1H3,(H,23,27)/t14-,15?,17?/m1/s1. The topological polar surface area (TPSA) is 79.5 Å². The van der Waals surface area contributed by atoms with Gasteiger partial charge in [-0.2, -0.15) is 0 Å². The van der Waals surface area contributed by atoms with E-state index in [2.05, 4.69) is 4.98 Å². The fourth-order valence-electron chi connectivity index (χ4n) is 4.03. The predicted molar refractivity (Wildman–Crippen MR) is 112 cm³/mol. The van der Waals surface area contributed by atoms with Gasteiger partial charge in [0.2, 0.25) is 11.8 Å². The maximum Gasteiger partial charge on any atom is 0.305 e. The van der Waals surface area contributed by atoms with Gasteiger partial charge in [-0.3, -0.25) is 14.4 Å². The number of methoxy groups -OCH3 is 1. The third-order valence-corrected chi connectivity index (χ3v) is 7.78. The highest BCUT2D eigenvalue weighted by atomic mass is 32.2. The van der Waals surface area contributed by atoms with Gasteiger partial charge in [0.25, 0.3) is 0 Å². The number of carbonyl (C=O) groups is 2.